The van der Waals surface area contributed by atoms with Gasteiger partial charge in [-0.1, -0.05) is 67.5 Å². The van der Waals surface area contributed by atoms with Gasteiger partial charge in [0.1, 0.15) is 5.28 Å². The molecular formula is C25H37N4P. The highest BCUT2D eigenvalue weighted by atomic mass is 31.1. The second-order valence-electron chi connectivity index (χ2n) is 8.75. The van der Waals surface area contributed by atoms with Crippen LogP contribution in [0.15, 0.2) is 65.1 Å². The van der Waals surface area contributed by atoms with Crippen molar-refractivity contribution in [3.05, 3.63) is 70.7 Å². The molecule has 2 aliphatic heterocycles. The van der Waals surface area contributed by atoms with E-state index in [4.69, 9.17) is 11.5 Å². The second-order valence-corrected chi connectivity index (χ2v) is 11.1. The van der Waals surface area contributed by atoms with Crippen molar-refractivity contribution in [2.45, 2.75) is 50.7 Å². The van der Waals surface area contributed by atoms with Gasteiger partial charge in [0, 0.05) is 32.0 Å². The van der Waals surface area contributed by atoms with E-state index in [0.29, 0.717) is 0 Å². The lowest BCUT2D eigenvalue weighted by Crippen LogP contribution is -2.32. The van der Waals surface area contributed by atoms with Gasteiger partial charge in [0.05, 0.1) is 0 Å². The van der Waals surface area contributed by atoms with E-state index < -0.39 is 13.4 Å². The van der Waals surface area contributed by atoms with Gasteiger partial charge in [-0.15, -0.1) is 0 Å². The molecule has 30 heavy (non-hydrogen) atoms. The lowest BCUT2D eigenvalue weighted by Gasteiger charge is -2.28. The van der Waals surface area contributed by atoms with E-state index in [2.05, 4.69) is 65.1 Å². The Morgan fingerprint density at radius 2 is 1.93 bits per heavy atom. The summed E-state index contributed by atoms with van der Waals surface area (Å²) >= 11 is 0. The molecule has 0 aromatic heterocycles. The van der Waals surface area contributed by atoms with Crippen molar-refractivity contribution < 1.29 is 0 Å². The zero-order valence-corrected chi connectivity index (χ0v) is 19.3. The van der Waals surface area contributed by atoms with Crippen molar-refractivity contribution in [2.24, 2.45) is 11.5 Å². The normalized spacial score (nSPS) is 28.1. The predicted octanol–water partition coefficient (Wildman–Crippen LogP) is 4.85. The number of likely N-dealkylation sites (tertiary alicyclic amines) is 1. The molecule has 4 nitrogen and oxygen atoms in total. The Kier molecular flexibility index (Phi) is 7.10. The summed E-state index contributed by atoms with van der Waals surface area (Å²) in [5, 5.41) is 0.908. The minimum Gasteiger partial charge on any atom is -0.401 e. The number of nitrogens with two attached hydrogens (primary N) is 2. The fourth-order valence-corrected chi connectivity index (χ4v) is 7.96. The van der Waals surface area contributed by atoms with Gasteiger partial charge in [0.15, 0.2) is 0 Å². The highest BCUT2D eigenvalue weighted by Gasteiger charge is 2.62. The van der Waals surface area contributed by atoms with Gasteiger partial charge in [-0.05, 0) is 57.4 Å². The Morgan fingerprint density at radius 1 is 1.17 bits per heavy atom. The summed E-state index contributed by atoms with van der Waals surface area (Å²) in [6, 6.07) is 10.6. The third-order valence-electron chi connectivity index (χ3n) is 6.63. The molecule has 1 aromatic carbocycles. The minimum atomic E-state index is -0.588. The third kappa shape index (κ3) is 4.57. The van der Waals surface area contributed by atoms with E-state index >= 15 is 0 Å². The van der Waals surface area contributed by atoms with Crippen molar-refractivity contribution in [1.82, 2.24) is 9.57 Å². The van der Waals surface area contributed by atoms with Crippen LogP contribution in [0.1, 0.15) is 51.0 Å². The van der Waals surface area contributed by atoms with Gasteiger partial charge < -0.3 is 16.4 Å². The van der Waals surface area contributed by atoms with Crippen LogP contribution in [0.25, 0.3) is 0 Å². The first-order valence-electron chi connectivity index (χ1n) is 11.6. The van der Waals surface area contributed by atoms with Crippen LogP contribution in [0.4, 0.5) is 0 Å². The molecule has 4 rings (SSSR count). The minimum absolute atomic E-state index is 0.394. The Hall–Kier alpha value is -1.45. The molecule has 1 aliphatic carbocycles. The summed E-state index contributed by atoms with van der Waals surface area (Å²) < 4.78 is 2.62. The van der Waals surface area contributed by atoms with Crippen molar-refractivity contribution in [3.63, 3.8) is 0 Å². The molecule has 5 heteroatoms. The fourth-order valence-electron chi connectivity index (χ4n) is 4.96. The number of hydrogen-bond acceptors (Lipinski definition) is 4. The molecule has 0 radical (unpaired) electrons. The molecule has 0 bridgehead atoms. The number of rotatable bonds is 9. The fraction of sp³-hybridized carbons (Fsp3) is 0.520. The molecule has 2 unspecified atom stereocenters. The number of benzene rings is 1. The first kappa shape index (κ1) is 21.8. The van der Waals surface area contributed by atoms with Crippen molar-refractivity contribution in [1.29, 1.82) is 0 Å². The molecule has 2 saturated heterocycles. The molecule has 3 aliphatic rings. The van der Waals surface area contributed by atoms with Crippen LogP contribution < -0.4 is 11.5 Å². The van der Waals surface area contributed by atoms with Crippen LogP contribution in [0.2, 0.25) is 0 Å². The van der Waals surface area contributed by atoms with Crippen LogP contribution in [0.5, 0.6) is 0 Å². The highest BCUT2D eigenvalue weighted by molar-refractivity contribution is 7.70. The van der Waals surface area contributed by atoms with E-state index in [-0.39, 0.29) is 0 Å². The van der Waals surface area contributed by atoms with Crippen LogP contribution in [0.3, 0.4) is 0 Å². The van der Waals surface area contributed by atoms with Crippen molar-refractivity contribution >= 4 is 8.07 Å². The first-order chi connectivity index (χ1) is 14.6. The van der Waals surface area contributed by atoms with Crippen LogP contribution >= 0.6 is 8.07 Å². The summed E-state index contributed by atoms with van der Waals surface area (Å²) in [5.74, 6) is 0. The Bertz CT molecular complexity index is 810. The van der Waals surface area contributed by atoms with Crippen LogP contribution in [-0.2, 0) is 5.28 Å². The Morgan fingerprint density at radius 3 is 2.60 bits per heavy atom. The molecule has 1 aromatic rings. The van der Waals surface area contributed by atoms with Gasteiger partial charge in [-0.25, -0.2) is 0 Å². The van der Waals surface area contributed by atoms with E-state index in [9.17, 15) is 0 Å². The average molecular weight is 425 g/mol. The summed E-state index contributed by atoms with van der Waals surface area (Å²) in [6.07, 6.45) is 13.7. The Balaban J connectivity index is 1.50. The largest absolute Gasteiger partial charge is 0.401 e. The smallest absolute Gasteiger partial charge is 0.108 e. The van der Waals surface area contributed by atoms with E-state index in [1.54, 1.807) is 0 Å². The number of piperidine rings is 1. The van der Waals surface area contributed by atoms with Crippen LogP contribution in [-0.4, -0.2) is 42.3 Å². The SMILES string of the molecule is CCN(CCCN1CCCCC1)P1/C(=C(/N)CC2=CC=CC2)C1(N)c1ccccc1. The lowest BCUT2D eigenvalue weighted by atomic mass is 10.0. The van der Waals surface area contributed by atoms with Crippen molar-refractivity contribution in [2.75, 3.05) is 32.7 Å². The molecule has 162 valence electrons. The summed E-state index contributed by atoms with van der Waals surface area (Å²) in [4.78, 5) is 2.63. The summed E-state index contributed by atoms with van der Waals surface area (Å²) in [5.41, 5.74) is 17.4. The standard InChI is InChI=1S/C25H37N4P/c1-2-29(19-11-18-28-16-9-4-10-17-28)30-24(23(26)20-21-12-7-8-13-21)25(30,27)22-14-5-3-6-15-22/h3,5-8,12,14-15H,2,4,9-11,13,16-20,26-27H2,1H3/b24-23+. The Labute approximate surface area is 183 Å². The van der Waals surface area contributed by atoms with Gasteiger partial charge in [-0.2, -0.15) is 0 Å². The van der Waals surface area contributed by atoms with E-state index in [1.165, 1.54) is 61.8 Å². The molecular weight excluding hydrogens is 387 g/mol. The molecule has 2 atom stereocenters. The average Bonchev–Trinajstić information content (AvgIpc) is 3.11. The summed E-state index contributed by atoms with van der Waals surface area (Å²) in [7, 11) is -0.588. The highest BCUT2D eigenvalue weighted by Crippen LogP contribution is 2.83. The number of allylic oxidation sites excluding steroid dienone is 4. The second kappa shape index (κ2) is 9.78. The molecule has 2 heterocycles. The maximum Gasteiger partial charge on any atom is 0.108 e. The molecule has 0 amide bonds. The lowest BCUT2D eigenvalue weighted by molar-refractivity contribution is 0.221. The molecule has 0 saturated carbocycles. The zero-order valence-electron chi connectivity index (χ0n) is 18.4. The number of hydrogen-bond donors (Lipinski definition) is 2. The topological polar surface area (TPSA) is 58.5 Å². The third-order valence-corrected chi connectivity index (χ3v) is 9.67. The molecule has 0 spiro atoms. The van der Waals surface area contributed by atoms with Crippen molar-refractivity contribution in [3.8, 4) is 0 Å². The zero-order chi connectivity index (χ0) is 21.0. The first-order valence-corrected chi connectivity index (χ1v) is 12.9. The maximum absolute atomic E-state index is 7.13. The van der Waals surface area contributed by atoms with Crippen LogP contribution in [0, 0.1) is 0 Å². The van der Waals surface area contributed by atoms with Gasteiger partial charge in [-0.3, -0.25) is 4.67 Å². The quantitative estimate of drug-likeness (QED) is 0.556. The maximum atomic E-state index is 7.13. The summed E-state index contributed by atoms with van der Waals surface area (Å²) in [6.45, 7) is 8.14. The van der Waals surface area contributed by atoms with Gasteiger partial charge in [0.25, 0.3) is 0 Å². The number of nitrogens with zero attached hydrogens (tertiary/aromatic N) is 2. The van der Waals surface area contributed by atoms with E-state index in [1.807, 2.05) is 0 Å². The van der Waals surface area contributed by atoms with E-state index in [0.717, 1.165) is 31.6 Å². The predicted molar refractivity (Wildman–Crippen MR) is 129 cm³/mol. The monoisotopic (exact) mass is 424 g/mol. The molecule has 2 fully saturated rings. The van der Waals surface area contributed by atoms with Gasteiger partial charge in [0.2, 0.25) is 0 Å². The molecule has 4 N–H and O–H groups in total. The van der Waals surface area contributed by atoms with Gasteiger partial charge >= 0.3 is 0 Å².